The van der Waals surface area contributed by atoms with Crippen molar-refractivity contribution in [1.29, 1.82) is 0 Å². The van der Waals surface area contributed by atoms with Crippen molar-refractivity contribution in [2.75, 3.05) is 24.5 Å². The average molecular weight is 359 g/mol. The molecule has 25 heavy (non-hydrogen) atoms. The van der Waals surface area contributed by atoms with Crippen molar-refractivity contribution in [3.05, 3.63) is 64.7 Å². The molecule has 0 aromatic heterocycles. The van der Waals surface area contributed by atoms with Gasteiger partial charge in [-0.2, -0.15) is 0 Å². The standard InChI is InChI=1S/C20H23ClN2O2/c1-20(2)14-22(18-8-6-17(21)7-9-18)10-11-23(20)13-15-4-3-5-16(12-15)19(24)25/h3-9,12H,10-11,13-14H2,1-2H3,(H,24,25). The maximum atomic E-state index is 11.2. The first kappa shape index (κ1) is 17.8. The fraction of sp³-hybridized carbons (Fsp3) is 0.350. The number of halogens is 1. The van der Waals surface area contributed by atoms with Gasteiger partial charge in [0, 0.05) is 42.4 Å². The summed E-state index contributed by atoms with van der Waals surface area (Å²) >= 11 is 5.99. The summed E-state index contributed by atoms with van der Waals surface area (Å²) in [5, 5.41) is 9.92. The lowest BCUT2D eigenvalue weighted by Crippen LogP contribution is -2.58. The largest absolute Gasteiger partial charge is 0.478 e. The first-order valence-electron chi connectivity index (χ1n) is 8.43. The van der Waals surface area contributed by atoms with E-state index in [9.17, 15) is 4.79 Å². The molecule has 4 nitrogen and oxygen atoms in total. The molecule has 132 valence electrons. The summed E-state index contributed by atoms with van der Waals surface area (Å²) in [6.45, 7) is 7.98. The number of piperazine rings is 1. The minimum atomic E-state index is -0.881. The molecular weight excluding hydrogens is 336 g/mol. The van der Waals surface area contributed by atoms with E-state index < -0.39 is 5.97 Å². The summed E-state index contributed by atoms with van der Waals surface area (Å²) in [6.07, 6.45) is 0. The van der Waals surface area contributed by atoms with Gasteiger partial charge in [0.05, 0.1) is 5.56 Å². The Balaban J connectivity index is 1.72. The van der Waals surface area contributed by atoms with E-state index in [0.29, 0.717) is 5.56 Å². The van der Waals surface area contributed by atoms with E-state index in [1.165, 1.54) is 5.69 Å². The highest BCUT2D eigenvalue weighted by Gasteiger charge is 2.33. The minimum absolute atomic E-state index is 0.0168. The van der Waals surface area contributed by atoms with Crippen molar-refractivity contribution in [2.24, 2.45) is 0 Å². The van der Waals surface area contributed by atoms with Crippen molar-refractivity contribution in [3.63, 3.8) is 0 Å². The van der Waals surface area contributed by atoms with Gasteiger partial charge in [-0.3, -0.25) is 4.90 Å². The fourth-order valence-electron chi connectivity index (χ4n) is 3.38. The SMILES string of the molecule is CC1(C)CN(c2ccc(Cl)cc2)CCN1Cc1cccc(C(=O)O)c1. The molecule has 1 aliphatic heterocycles. The second-order valence-electron chi connectivity index (χ2n) is 7.14. The van der Waals surface area contributed by atoms with Crippen LogP contribution in [0.3, 0.4) is 0 Å². The molecule has 0 spiro atoms. The van der Waals surface area contributed by atoms with Gasteiger partial charge in [0.25, 0.3) is 0 Å². The average Bonchev–Trinajstić information content (AvgIpc) is 2.57. The number of anilines is 1. The summed E-state index contributed by atoms with van der Waals surface area (Å²) in [4.78, 5) is 16.0. The van der Waals surface area contributed by atoms with Crippen LogP contribution in [0.4, 0.5) is 5.69 Å². The molecular formula is C20H23ClN2O2. The second-order valence-corrected chi connectivity index (χ2v) is 7.57. The number of hydrogen-bond donors (Lipinski definition) is 1. The van der Waals surface area contributed by atoms with E-state index in [4.69, 9.17) is 16.7 Å². The quantitative estimate of drug-likeness (QED) is 0.892. The van der Waals surface area contributed by atoms with Crippen LogP contribution >= 0.6 is 11.6 Å². The predicted molar refractivity (Wildman–Crippen MR) is 102 cm³/mol. The van der Waals surface area contributed by atoms with Crippen LogP contribution in [0.15, 0.2) is 48.5 Å². The topological polar surface area (TPSA) is 43.8 Å². The maximum absolute atomic E-state index is 11.2. The van der Waals surface area contributed by atoms with Gasteiger partial charge in [-0.05, 0) is 55.8 Å². The number of nitrogens with zero attached hydrogens (tertiary/aromatic N) is 2. The van der Waals surface area contributed by atoms with Crippen LogP contribution in [0.25, 0.3) is 0 Å². The molecule has 0 bridgehead atoms. The van der Waals surface area contributed by atoms with Crippen LogP contribution in [0.1, 0.15) is 29.8 Å². The van der Waals surface area contributed by atoms with Crippen LogP contribution in [0.5, 0.6) is 0 Å². The number of carbonyl (C=O) groups is 1. The highest BCUT2D eigenvalue weighted by atomic mass is 35.5. The van der Waals surface area contributed by atoms with Crippen LogP contribution in [-0.4, -0.2) is 41.1 Å². The molecule has 1 fully saturated rings. The summed E-state index contributed by atoms with van der Waals surface area (Å²) < 4.78 is 0. The lowest BCUT2D eigenvalue weighted by molar-refractivity contribution is 0.0696. The number of carboxylic acids is 1. The van der Waals surface area contributed by atoms with Gasteiger partial charge < -0.3 is 10.0 Å². The molecule has 1 N–H and O–H groups in total. The Kier molecular flexibility index (Phi) is 5.02. The Morgan fingerprint density at radius 1 is 1.16 bits per heavy atom. The van der Waals surface area contributed by atoms with Gasteiger partial charge in [0.1, 0.15) is 0 Å². The van der Waals surface area contributed by atoms with Gasteiger partial charge >= 0.3 is 5.97 Å². The van der Waals surface area contributed by atoms with E-state index in [2.05, 4.69) is 35.8 Å². The molecule has 1 heterocycles. The smallest absolute Gasteiger partial charge is 0.335 e. The monoisotopic (exact) mass is 358 g/mol. The number of benzene rings is 2. The molecule has 0 unspecified atom stereocenters. The highest BCUT2D eigenvalue weighted by molar-refractivity contribution is 6.30. The van der Waals surface area contributed by atoms with Gasteiger partial charge in [-0.15, -0.1) is 0 Å². The Morgan fingerprint density at radius 3 is 2.52 bits per heavy atom. The van der Waals surface area contributed by atoms with Crippen molar-refractivity contribution in [3.8, 4) is 0 Å². The van der Waals surface area contributed by atoms with Crippen LogP contribution in [-0.2, 0) is 6.54 Å². The van der Waals surface area contributed by atoms with Crippen molar-refractivity contribution < 1.29 is 9.90 Å². The zero-order valence-electron chi connectivity index (χ0n) is 14.6. The molecule has 1 saturated heterocycles. The number of rotatable bonds is 4. The Bertz CT molecular complexity index is 759. The number of aromatic carboxylic acids is 1. The zero-order valence-corrected chi connectivity index (χ0v) is 15.3. The predicted octanol–water partition coefficient (Wildman–Crippen LogP) is 4.14. The lowest BCUT2D eigenvalue weighted by Gasteiger charge is -2.48. The summed E-state index contributed by atoms with van der Waals surface area (Å²) in [5.41, 5.74) is 2.55. The van der Waals surface area contributed by atoms with Crippen molar-refractivity contribution in [1.82, 2.24) is 4.90 Å². The summed E-state index contributed by atoms with van der Waals surface area (Å²) in [7, 11) is 0. The molecule has 0 atom stereocenters. The molecule has 3 rings (SSSR count). The molecule has 5 heteroatoms. The third-order valence-electron chi connectivity index (χ3n) is 4.81. The third-order valence-corrected chi connectivity index (χ3v) is 5.06. The molecule has 2 aromatic rings. The summed E-state index contributed by atoms with van der Waals surface area (Å²) in [6, 6.07) is 15.2. The minimum Gasteiger partial charge on any atom is -0.478 e. The molecule has 1 aliphatic rings. The number of hydrogen-bond acceptors (Lipinski definition) is 3. The third kappa shape index (κ3) is 4.14. The lowest BCUT2D eigenvalue weighted by atomic mass is 9.97. The highest BCUT2D eigenvalue weighted by Crippen LogP contribution is 2.28. The Hall–Kier alpha value is -2.04. The zero-order chi connectivity index (χ0) is 18.0. The first-order chi connectivity index (χ1) is 11.8. The normalized spacial score (nSPS) is 17.5. The van der Waals surface area contributed by atoms with Gasteiger partial charge in [0.15, 0.2) is 0 Å². The van der Waals surface area contributed by atoms with Gasteiger partial charge in [0.2, 0.25) is 0 Å². The second kappa shape index (κ2) is 7.06. The van der Waals surface area contributed by atoms with E-state index >= 15 is 0 Å². The summed E-state index contributed by atoms with van der Waals surface area (Å²) in [5.74, 6) is -0.881. The van der Waals surface area contributed by atoms with E-state index in [1.54, 1.807) is 12.1 Å². The van der Waals surface area contributed by atoms with Crippen molar-refractivity contribution >= 4 is 23.3 Å². The molecule has 0 saturated carbocycles. The Labute approximate surface area is 153 Å². The molecule has 0 aliphatic carbocycles. The first-order valence-corrected chi connectivity index (χ1v) is 8.81. The van der Waals surface area contributed by atoms with Crippen molar-refractivity contribution in [2.45, 2.75) is 25.9 Å². The molecule has 0 amide bonds. The van der Waals surface area contributed by atoms with Gasteiger partial charge in [-0.1, -0.05) is 23.7 Å². The van der Waals surface area contributed by atoms with Crippen LogP contribution in [0, 0.1) is 0 Å². The van der Waals surface area contributed by atoms with Crippen LogP contribution < -0.4 is 4.90 Å². The maximum Gasteiger partial charge on any atom is 0.335 e. The fourth-order valence-corrected chi connectivity index (χ4v) is 3.50. The molecule has 0 radical (unpaired) electrons. The van der Waals surface area contributed by atoms with E-state index in [1.807, 2.05) is 24.3 Å². The van der Waals surface area contributed by atoms with Crippen LogP contribution in [0.2, 0.25) is 5.02 Å². The van der Waals surface area contributed by atoms with E-state index in [0.717, 1.165) is 36.8 Å². The Morgan fingerprint density at radius 2 is 1.88 bits per heavy atom. The number of carboxylic acid groups (broad SMARTS) is 1. The van der Waals surface area contributed by atoms with E-state index in [-0.39, 0.29) is 5.54 Å². The van der Waals surface area contributed by atoms with Gasteiger partial charge in [-0.25, -0.2) is 4.79 Å². The molecule has 2 aromatic carbocycles.